The third kappa shape index (κ3) is 2.94. The van der Waals surface area contributed by atoms with E-state index in [1.807, 2.05) is 11.5 Å². The van der Waals surface area contributed by atoms with Crippen molar-refractivity contribution >= 4 is 22.7 Å². The molecule has 2 rings (SSSR count). The summed E-state index contributed by atoms with van der Waals surface area (Å²) in [4.78, 5) is 11.3. The third-order valence-electron chi connectivity index (χ3n) is 2.83. The quantitative estimate of drug-likeness (QED) is 0.331. The molecule has 7 nitrogen and oxygen atoms in total. The standard InChI is InChI=1S/C13H16N4O3/c1-2-20-12(18)6-7-17-8-10-9(13(14)16-19)4-3-5-11(10)15-17/h3-5,8,19H,2,6-7H2,1H3,(H2,14,16). The minimum absolute atomic E-state index is 0.0967. The molecule has 0 fully saturated rings. The normalized spacial score (nSPS) is 10.5. The summed E-state index contributed by atoms with van der Waals surface area (Å²) in [5.74, 6) is -0.363. The van der Waals surface area contributed by atoms with E-state index in [4.69, 9.17) is 15.4 Å². The van der Waals surface area contributed by atoms with Crippen molar-refractivity contribution in [3.05, 3.63) is 30.0 Å². The molecule has 0 aliphatic rings. The average molecular weight is 276 g/mol. The Morgan fingerprint density at radius 2 is 2.35 bits per heavy atom. The Morgan fingerprint density at radius 3 is 3.05 bits per heavy atom. The number of ether oxygens (including phenoxy) is 1. The molecule has 0 unspecified atom stereocenters. The van der Waals surface area contributed by atoms with Crippen LogP contribution in [0.1, 0.15) is 18.9 Å². The van der Waals surface area contributed by atoms with Gasteiger partial charge in [0.2, 0.25) is 0 Å². The number of aryl methyl sites for hydroxylation is 1. The maximum atomic E-state index is 11.3. The fourth-order valence-electron chi connectivity index (χ4n) is 1.92. The summed E-state index contributed by atoms with van der Waals surface area (Å²) >= 11 is 0. The SMILES string of the molecule is CCOC(=O)CCn1cc2c(C(=N)NO)cccc2n1. The average Bonchev–Trinajstić information content (AvgIpc) is 2.87. The van der Waals surface area contributed by atoms with Crippen LogP contribution in [0.5, 0.6) is 0 Å². The molecule has 7 heteroatoms. The van der Waals surface area contributed by atoms with Crippen molar-refractivity contribution in [3.8, 4) is 0 Å². The van der Waals surface area contributed by atoms with Crippen LogP contribution in [0.25, 0.3) is 10.9 Å². The van der Waals surface area contributed by atoms with Crippen molar-refractivity contribution in [3.63, 3.8) is 0 Å². The maximum absolute atomic E-state index is 11.3. The van der Waals surface area contributed by atoms with Crippen molar-refractivity contribution in [1.82, 2.24) is 15.3 Å². The van der Waals surface area contributed by atoms with Gasteiger partial charge < -0.3 is 4.74 Å². The van der Waals surface area contributed by atoms with Crippen LogP contribution in [0.15, 0.2) is 24.4 Å². The number of aromatic nitrogens is 2. The van der Waals surface area contributed by atoms with E-state index in [9.17, 15) is 4.79 Å². The lowest BCUT2D eigenvalue weighted by atomic mass is 10.1. The molecule has 0 saturated carbocycles. The second-order valence-corrected chi connectivity index (χ2v) is 4.17. The number of nitrogens with one attached hydrogen (secondary N) is 2. The molecule has 1 heterocycles. The lowest BCUT2D eigenvalue weighted by molar-refractivity contribution is -0.143. The molecule has 20 heavy (non-hydrogen) atoms. The predicted molar refractivity (Wildman–Crippen MR) is 72.7 cm³/mol. The van der Waals surface area contributed by atoms with Gasteiger partial charge in [-0.1, -0.05) is 12.1 Å². The van der Waals surface area contributed by atoms with Gasteiger partial charge >= 0.3 is 5.97 Å². The molecule has 1 aromatic heterocycles. The predicted octanol–water partition coefficient (Wildman–Crippen LogP) is 1.29. The first-order valence-electron chi connectivity index (χ1n) is 6.26. The van der Waals surface area contributed by atoms with Gasteiger partial charge in [0.1, 0.15) is 5.84 Å². The van der Waals surface area contributed by atoms with Crippen LogP contribution < -0.4 is 5.48 Å². The molecule has 0 radical (unpaired) electrons. The number of hydroxylamine groups is 1. The lowest BCUT2D eigenvalue weighted by Gasteiger charge is -2.02. The molecule has 0 spiro atoms. The van der Waals surface area contributed by atoms with Gasteiger partial charge in [0.15, 0.2) is 0 Å². The van der Waals surface area contributed by atoms with E-state index in [1.165, 1.54) is 0 Å². The highest BCUT2D eigenvalue weighted by Crippen LogP contribution is 2.17. The lowest BCUT2D eigenvalue weighted by Crippen LogP contribution is -2.18. The highest BCUT2D eigenvalue weighted by Gasteiger charge is 2.10. The van der Waals surface area contributed by atoms with Crippen LogP contribution in [0.2, 0.25) is 0 Å². The van der Waals surface area contributed by atoms with Gasteiger partial charge in [-0.3, -0.25) is 25.6 Å². The van der Waals surface area contributed by atoms with Gasteiger partial charge in [0.05, 0.1) is 25.1 Å². The molecule has 3 N–H and O–H groups in total. The van der Waals surface area contributed by atoms with E-state index in [2.05, 4.69) is 5.10 Å². The van der Waals surface area contributed by atoms with Gasteiger partial charge in [-0.15, -0.1) is 0 Å². The minimum atomic E-state index is -0.267. The van der Waals surface area contributed by atoms with Crippen molar-refractivity contribution in [2.24, 2.45) is 0 Å². The number of carbonyl (C=O) groups is 1. The summed E-state index contributed by atoms with van der Waals surface area (Å²) in [5, 5.41) is 21.5. The number of fused-ring (bicyclic) bond motifs is 1. The van der Waals surface area contributed by atoms with Crippen molar-refractivity contribution in [1.29, 1.82) is 5.41 Å². The number of esters is 1. The minimum Gasteiger partial charge on any atom is -0.466 e. The zero-order chi connectivity index (χ0) is 14.5. The van der Waals surface area contributed by atoms with E-state index < -0.39 is 0 Å². The molecule has 1 aromatic carbocycles. The zero-order valence-corrected chi connectivity index (χ0v) is 11.1. The summed E-state index contributed by atoms with van der Waals surface area (Å²) in [6, 6.07) is 5.28. The first-order valence-corrected chi connectivity index (χ1v) is 6.26. The van der Waals surface area contributed by atoms with Crippen LogP contribution in [-0.2, 0) is 16.1 Å². The number of hydrogen-bond acceptors (Lipinski definition) is 5. The van der Waals surface area contributed by atoms with Gasteiger partial charge in [0.25, 0.3) is 0 Å². The van der Waals surface area contributed by atoms with Crippen LogP contribution >= 0.6 is 0 Å². The molecule has 2 aromatic rings. The molecular weight excluding hydrogens is 260 g/mol. The third-order valence-corrected chi connectivity index (χ3v) is 2.83. The van der Waals surface area contributed by atoms with Gasteiger partial charge in [0, 0.05) is 17.1 Å². The molecule has 0 aliphatic heterocycles. The second kappa shape index (κ2) is 6.16. The number of carbonyl (C=O) groups excluding carboxylic acids is 1. The Morgan fingerprint density at radius 1 is 1.55 bits per heavy atom. The van der Waals surface area contributed by atoms with Gasteiger partial charge in [-0.05, 0) is 13.0 Å². The van der Waals surface area contributed by atoms with Crippen LogP contribution in [-0.4, -0.2) is 33.4 Å². The van der Waals surface area contributed by atoms with Gasteiger partial charge in [-0.2, -0.15) is 5.10 Å². The van der Waals surface area contributed by atoms with E-state index >= 15 is 0 Å². The van der Waals surface area contributed by atoms with E-state index in [1.54, 1.807) is 29.9 Å². The molecule has 0 amide bonds. The topological polar surface area (TPSA) is 100 Å². The van der Waals surface area contributed by atoms with Crippen LogP contribution in [0.4, 0.5) is 0 Å². The first kappa shape index (κ1) is 14.0. The van der Waals surface area contributed by atoms with E-state index in [0.717, 1.165) is 5.39 Å². The highest BCUT2D eigenvalue weighted by molar-refractivity contribution is 6.06. The molecular formula is C13H16N4O3. The van der Waals surface area contributed by atoms with Crippen LogP contribution in [0, 0.1) is 5.41 Å². The van der Waals surface area contributed by atoms with Crippen molar-refractivity contribution < 1.29 is 14.7 Å². The summed E-state index contributed by atoms with van der Waals surface area (Å²) in [6.07, 6.45) is 1.99. The number of rotatable bonds is 5. The Balaban J connectivity index is 2.21. The number of nitrogens with zero attached hydrogens (tertiary/aromatic N) is 2. The monoisotopic (exact) mass is 276 g/mol. The van der Waals surface area contributed by atoms with E-state index in [0.29, 0.717) is 24.2 Å². The Hall–Kier alpha value is -2.41. The summed E-state index contributed by atoms with van der Waals surface area (Å²) < 4.78 is 6.49. The molecule has 0 atom stereocenters. The van der Waals surface area contributed by atoms with Crippen molar-refractivity contribution in [2.45, 2.75) is 19.9 Å². The highest BCUT2D eigenvalue weighted by atomic mass is 16.5. The largest absolute Gasteiger partial charge is 0.466 e. The Labute approximate surface area is 115 Å². The zero-order valence-electron chi connectivity index (χ0n) is 11.1. The summed E-state index contributed by atoms with van der Waals surface area (Å²) in [6.45, 7) is 2.54. The Kier molecular flexibility index (Phi) is 4.31. The first-order chi connectivity index (χ1) is 9.65. The molecule has 106 valence electrons. The summed E-state index contributed by atoms with van der Waals surface area (Å²) in [7, 11) is 0. The molecule has 0 bridgehead atoms. The fourth-order valence-corrected chi connectivity index (χ4v) is 1.92. The number of benzene rings is 1. The fraction of sp³-hybridized carbons (Fsp3) is 0.308. The number of hydrogen-bond donors (Lipinski definition) is 3. The smallest absolute Gasteiger partial charge is 0.307 e. The Bertz CT molecular complexity index is 636. The maximum Gasteiger partial charge on any atom is 0.307 e. The number of amidine groups is 1. The van der Waals surface area contributed by atoms with E-state index in [-0.39, 0.29) is 18.2 Å². The van der Waals surface area contributed by atoms with Crippen LogP contribution in [0.3, 0.4) is 0 Å². The van der Waals surface area contributed by atoms with Crippen molar-refractivity contribution in [2.75, 3.05) is 6.61 Å². The molecule has 0 saturated heterocycles. The molecule has 0 aliphatic carbocycles. The second-order valence-electron chi connectivity index (χ2n) is 4.17. The summed E-state index contributed by atoms with van der Waals surface area (Å²) in [5.41, 5.74) is 3.07. The van der Waals surface area contributed by atoms with Gasteiger partial charge in [-0.25, -0.2) is 0 Å².